The van der Waals surface area contributed by atoms with Crippen molar-refractivity contribution in [2.24, 2.45) is 5.73 Å². The Bertz CT molecular complexity index is 611. The Hall–Kier alpha value is -1.92. The number of nitrogens with two attached hydrogens (primary N) is 1. The number of carbonyl (C=O) groups is 1. The van der Waals surface area contributed by atoms with Crippen LogP contribution in [-0.2, 0) is 11.2 Å². The van der Waals surface area contributed by atoms with Crippen molar-refractivity contribution < 1.29 is 9.53 Å². The summed E-state index contributed by atoms with van der Waals surface area (Å²) >= 11 is 1.55. The Labute approximate surface area is 140 Å². The maximum absolute atomic E-state index is 11.8. The Morgan fingerprint density at radius 1 is 1.30 bits per heavy atom. The standard InChI is InChI=1S/C17H23N3O2S/c1-2-22-15-7-5-13(6-8-15)17-20-14(12-23-17)11-16(21)19-10-4-3-9-18/h5-8,12H,2-4,9-11,18H2,1H3,(H,19,21). The minimum atomic E-state index is 0.00515. The molecule has 2 aromatic rings. The van der Waals surface area contributed by atoms with Crippen LogP contribution in [0.1, 0.15) is 25.5 Å². The number of aromatic nitrogens is 1. The summed E-state index contributed by atoms with van der Waals surface area (Å²) in [5, 5.41) is 5.74. The highest BCUT2D eigenvalue weighted by molar-refractivity contribution is 7.13. The van der Waals surface area contributed by atoms with Gasteiger partial charge in [-0.2, -0.15) is 0 Å². The van der Waals surface area contributed by atoms with Crippen molar-refractivity contribution in [3.63, 3.8) is 0 Å². The molecule has 0 aliphatic rings. The number of hydrogen-bond donors (Lipinski definition) is 2. The van der Waals surface area contributed by atoms with Crippen molar-refractivity contribution in [3.05, 3.63) is 35.3 Å². The van der Waals surface area contributed by atoms with Gasteiger partial charge >= 0.3 is 0 Å². The van der Waals surface area contributed by atoms with Crippen LogP contribution >= 0.6 is 11.3 Å². The van der Waals surface area contributed by atoms with E-state index in [0.717, 1.165) is 34.9 Å². The fourth-order valence-corrected chi connectivity index (χ4v) is 2.93. The Balaban J connectivity index is 1.88. The Morgan fingerprint density at radius 2 is 2.09 bits per heavy atom. The summed E-state index contributed by atoms with van der Waals surface area (Å²) in [6.07, 6.45) is 2.16. The summed E-state index contributed by atoms with van der Waals surface area (Å²) in [7, 11) is 0. The minimum Gasteiger partial charge on any atom is -0.494 e. The van der Waals surface area contributed by atoms with Gasteiger partial charge in [-0.1, -0.05) is 0 Å². The van der Waals surface area contributed by atoms with Gasteiger partial charge in [0.25, 0.3) is 0 Å². The number of rotatable bonds is 9. The largest absolute Gasteiger partial charge is 0.494 e. The lowest BCUT2D eigenvalue weighted by Gasteiger charge is -2.03. The quantitative estimate of drug-likeness (QED) is 0.692. The molecule has 0 aliphatic heterocycles. The topological polar surface area (TPSA) is 77.2 Å². The number of thiazole rings is 1. The first-order valence-corrected chi connectivity index (χ1v) is 8.75. The average Bonchev–Trinajstić information content (AvgIpc) is 3.01. The monoisotopic (exact) mass is 333 g/mol. The molecular weight excluding hydrogens is 310 g/mol. The molecule has 3 N–H and O–H groups in total. The van der Waals surface area contributed by atoms with Gasteiger partial charge in [-0.3, -0.25) is 4.79 Å². The predicted molar refractivity (Wildman–Crippen MR) is 93.7 cm³/mol. The van der Waals surface area contributed by atoms with Crippen LogP contribution in [0.25, 0.3) is 10.6 Å². The summed E-state index contributed by atoms with van der Waals surface area (Å²) in [4.78, 5) is 16.4. The molecule has 23 heavy (non-hydrogen) atoms. The summed E-state index contributed by atoms with van der Waals surface area (Å²) in [5.74, 6) is 0.857. The molecule has 0 fully saturated rings. The summed E-state index contributed by atoms with van der Waals surface area (Å²) in [6, 6.07) is 7.84. The van der Waals surface area contributed by atoms with Crippen molar-refractivity contribution in [2.45, 2.75) is 26.2 Å². The van der Waals surface area contributed by atoms with Crippen molar-refractivity contribution >= 4 is 17.2 Å². The third-order valence-electron chi connectivity index (χ3n) is 3.26. The van der Waals surface area contributed by atoms with Gasteiger partial charge in [0.2, 0.25) is 5.91 Å². The maximum Gasteiger partial charge on any atom is 0.226 e. The first kappa shape index (κ1) is 17.4. The van der Waals surface area contributed by atoms with Crippen LogP contribution in [0, 0.1) is 0 Å². The molecule has 5 nitrogen and oxygen atoms in total. The van der Waals surface area contributed by atoms with Crippen molar-refractivity contribution in [1.82, 2.24) is 10.3 Å². The number of carbonyl (C=O) groups excluding carboxylic acids is 1. The Kier molecular flexibility index (Phi) is 7.03. The SMILES string of the molecule is CCOc1ccc(-c2nc(CC(=O)NCCCCN)cs2)cc1. The third-order valence-corrected chi connectivity index (χ3v) is 4.20. The zero-order valence-electron chi connectivity index (χ0n) is 13.4. The molecule has 0 saturated carbocycles. The van der Waals surface area contributed by atoms with E-state index in [1.165, 1.54) is 0 Å². The maximum atomic E-state index is 11.8. The number of ether oxygens (including phenoxy) is 1. The highest BCUT2D eigenvalue weighted by atomic mass is 32.1. The summed E-state index contributed by atoms with van der Waals surface area (Å²) in [5.41, 5.74) is 7.26. The highest BCUT2D eigenvalue weighted by Crippen LogP contribution is 2.25. The number of hydrogen-bond acceptors (Lipinski definition) is 5. The van der Waals surface area contributed by atoms with Crippen LogP contribution in [0.5, 0.6) is 5.75 Å². The van der Waals surface area contributed by atoms with Gasteiger partial charge in [-0.05, 0) is 50.6 Å². The van der Waals surface area contributed by atoms with Crippen LogP contribution in [0.15, 0.2) is 29.6 Å². The smallest absolute Gasteiger partial charge is 0.226 e. The summed E-state index contributed by atoms with van der Waals surface area (Å²) < 4.78 is 5.43. The van der Waals surface area contributed by atoms with E-state index in [1.807, 2.05) is 36.6 Å². The normalized spacial score (nSPS) is 10.5. The van der Waals surface area contributed by atoms with Gasteiger partial charge in [0.05, 0.1) is 18.7 Å². The first-order valence-electron chi connectivity index (χ1n) is 7.87. The van der Waals surface area contributed by atoms with Crippen LogP contribution < -0.4 is 15.8 Å². The van der Waals surface area contributed by atoms with E-state index in [9.17, 15) is 4.79 Å². The predicted octanol–water partition coefficient (Wildman–Crippen LogP) is 2.61. The first-order chi connectivity index (χ1) is 11.2. The number of nitrogens with one attached hydrogen (secondary N) is 1. The molecule has 1 aromatic carbocycles. The molecule has 0 bridgehead atoms. The summed E-state index contributed by atoms with van der Waals surface area (Å²) in [6.45, 7) is 3.95. The van der Waals surface area contributed by atoms with E-state index in [1.54, 1.807) is 11.3 Å². The molecule has 2 rings (SSSR count). The molecule has 0 saturated heterocycles. The van der Waals surface area contributed by atoms with Gasteiger partial charge in [0.1, 0.15) is 10.8 Å². The van der Waals surface area contributed by atoms with Crippen molar-refractivity contribution in [3.8, 4) is 16.3 Å². The molecule has 0 atom stereocenters. The Morgan fingerprint density at radius 3 is 2.78 bits per heavy atom. The lowest BCUT2D eigenvalue weighted by atomic mass is 10.2. The lowest BCUT2D eigenvalue weighted by molar-refractivity contribution is -0.120. The molecule has 1 heterocycles. The second-order valence-corrected chi connectivity index (χ2v) is 5.98. The molecule has 0 aliphatic carbocycles. The fourth-order valence-electron chi connectivity index (χ4n) is 2.11. The van der Waals surface area contributed by atoms with E-state index < -0.39 is 0 Å². The highest BCUT2D eigenvalue weighted by Gasteiger charge is 2.09. The molecule has 0 spiro atoms. The van der Waals surface area contributed by atoms with Crippen LogP contribution in [0.2, 0.25) is 0 Å². The van der Waals surface area contributed by atoms with E-state index in [2.05, 4.69) is 10.3 Å². The number of nitrogens with zero attached hydrogens (tertiary/aromatic N) is 1. The minimum absolute atomic E-state index is 0.00515. The zero-order valence-corrected chi connectivity index (χ0v) is 14.2. The van der Waals surface area contributed by atoms with E-state index >= 15 is 0 Å². The second kappa shape index (κ2) is 9.27. The molecule has 0 unspecified atom stereocenters. The van der Waals surface area contributed by atoms with Gasteiger partial charge < -0.3 is 15.8 Å². The molecule has 124 valence electrons. The van der Waals surface area contributed by atoms with Gasteiger partial charge in [-0.15, -0.1) is 11.3 Å². The van der Waals surface area contributed by atoms with E-state index in [4.69, 9.17) is 10.5 Å². The number of amides is 1. The van der Waals surface area contributed by atoms with Crippen LogP contribution in [-0.4, -0.2) is 30.6 Å². The molecule has 0 radical (unpaired) electrons. The number of benzene rings is 1. The zero-order chi connectivity index (χ0) is 16.5. The molecule has 6 heteroatoms. The fraction of sp³-hybridized carbons (Fsp3) is 0.412. The molecular formula is C17H23N3O2S. The van der Waals surface area contributed by atoms with E-state index in [0.29, 0.717) is 26.1 Å². The van der Waals surface area contributed by atoms with Crippen molar-refractivity contribution in [2.75, 3.05) is 19.7 Å². The molecule has 1 amide bonds. The van der Waals surface area contributed by atoms with E-state index in [-0.39, 0.29) is 5.91 Å². The third kappa shape index (κ3) is 5.65. The van der Waals surface area contributed by atoms with Crippen molar-refractivity contribution in [1.29, 1.82) is 0 Å². The van der Waals surface area contributed by atoms with Gasteiger partial charge in [0.15, 0.2) is 0 Å². The van der Waals surface area contributed by atoms with Gasteiger partial charge in [-0.25, -0.2) is 4.98 Å². The molecule has 1 aromatic heterocycles. The lowest BCUT2D eigenvalue weighted by Crippen LogP contribution is -2.26. The van der Waals surface area contributed by atoms with Crippen LogP contribution in [0.3, 0.4) is 0 Å². The number of unbranched alkanes of at least 4 members (excludes halogenated alkanes) is 1. The van der Waals surface area contributed by atoms with Gasteiger partial charge in [0, 0.05) is 17.5 Å². The average molecular weight is 333 g/mol. The van der Waals surface area contributed by atoms with Crippen LogP contribution in [0.4, 0.5) is 0 Å². The second-order valence-electron chi connectivity index (χ2n) is 5.12.